The van der Waals surface area contributed by atoms with Crippen molar-refractivity contribution in [2.75, 3.05) is 14.2 Å². The molecular formula is C18H26O3. The van der Waals surface area contributed by atoms with E-state index >= 15 is 0 Å². The number of benzene rings is 1. The van der Waals surface area contributed by atoms with Crippen LogP contribution in [-0.2, 0) is 11.2 Å². The summed E-state index contributed by atoms with van der Waals surface area (Å²) in [7, 11) is 3.02. The van der Waals surface area contributed by atoms with Crippen molar-refractivity contribution in [1.82, 2.24) is 0 Å². The lowest BCUT2D eigenvalue weighted by molar-refractivity contribution is 0.0596. The molecule has 0 saturated carbocycles. The summed E-state index contributed by atoms with van der Waals surface area (Å²) in [5, 5.41) is 0. The molecule has 1 aliphatic carbocycles. The van der Waals surface area contributed by atoms with Gasteiger partial charge in [-0.15, -0.1) is 0 Å². The van der Waals surface area contributed by atoms with Crippen molar-refractivity contribution in [2.24, 2.45) is 11.8 Å². The molecule has 0 N–H and O–H groups in total. The first kappa shape index (κ1) is 15.9. The Morgan fingerprint density at radius 3 is 2.57 bits per heavy atom. The van der Waals surface area contributed by atoms with E-state index in [0.717, 1.165) is 12.8 Å². The highest BCUT2D eigenvalue weighted by atomic mass is 16.5. The third-order valence-corrected chi connectivity index (χ3v) is 4.83. The van der Waals surface area contributed by atoms with Gasteiger partial charge in [0.1, 0.15) is 11.3 Å². The molecule has 0 spiro atoms. The van der Waals surface area contributed by atoms with E-state index in [1.54, 1.807) is 7.11 Å². The minimum Gasteiger partial charge on any atom is -0.496 e. The summed E-state index contributed by atoms with van der Waals surface area (Å²) in [5.74, 6) is 2.23. The molecule has 0 saturated heterocycles. The predicted molar refractivity (Wildman–Crippen MR) is 84.0 cm³/mol. The summed E-state index contributed by atoms with van der Waals surface area (Å²) in [6, 6.07) is 4.03. The maximum absolute atomic E-state index is 11.9. The van der Waals surface area contributed by atoms with Gasteiger partial charge < -0.3 is 9.47 Å². The zero-order valence-electron chi connectivity index (χ0n) is 13.7. The van der Waals surface area contributed by atoms with Crippen LogP contribution in [0.25, 0.3) is 0 Å². The van der Waals surface area contributed by atoms with Crippen molar-refractivity contribution < 1.29 is 14.3 Å². The van der Waals surface area contributed by atoms with E-state index in [0.29, 0.717) is 29.1 Å². The number of ether oxygens (including phenoxy) is 2. The van der Waals surface area contributed by atoms with Crippen molar-refractivity contribution >= 4 is 5.97 Å². The Hall–Kier alpha value is -1.51. The first-order valence-corrected chi connectivity index (χ1v) is 7.82. The molecule has 1 aromatic rings. The van der Waals surface area contributed by atoms with Gasteiger partial charge in [-0.2, -0.15) is 0 Å². The minimum atomic E-state index is -0.325. The third kappa shape index (κ3) is 2.92. The van der Waals surface area contributed by atoms with Gasteiger partial charge in [-0.25, -0.2) is 4.79 Å². The molecule has 3 nitrogen and oxygen atoms in total. The van der Waals surface area contributed by atoms with Gasteiger partial charge in [0.05, 0.1) is 14.2 Å². The van der Waals surface area contributed by atoms with Crippen LogP contribution in [0.3, 0.4) is 0 Å². The Balaban J connectivity index is 2.50. The van der Waals surface area contributed by atoms with Gasteiger partial charge in [-0.3, -0.25) is 0 Å². The second-order valence-corrected chi connectivity index (χ2v) is 6.20. The Morgan fingerprint density at radius 1 is 1.33 bits per heavy atom. The SMILES string of the molecule is CCC1c2cc(OC)c(C(=O)OC)cc2CCC1C(C)C. The molecule has 1 aromatic carbocycles. The summed E-state index contributed by atoms with van der Waals surface area (Å²) in [6.07, 6.45) is 3.34. The summed E-state index contributed by atoms with van der Waals surface area (Å²) in [4.78, 5) is 11.9. The van der Waals surface area contributed by atoms with Gasteiger partial charge in [0, 0.05) is 0 Å². The van der Waals surface area contributed by atoms with Crippen molar-refractivity contribution in [3.63, 3.8) is 0 Å². The Kier molecular flexibility index (Phi) is 4.92. The average Bonchev–Trinajstić information content (AvgIpc) is 2.51. The summed E-state index contributed by atoms with van der Waals surface area (Å²) in [6.45, 7) is 6.85. The predicted octanol–water partition coefficient (Wildman–Crippen LogP) is 4.19. The smallest absolute Gasteiger partial charge is 0.341 e. The van der Waals surface area contributed by atoms with Crippen LogP contribution in [0.15, 0.2) is 12.1 Å². The lowest BCUT2D eigenvalue weighted by Crippen LogP contribution is -2.25. The maximum atomic E-state index is 11.9. The number of hydrogen-bond acceptors (Lipinski definition) is 3. The van der Waals surface area contributed by atoms with Gasteiger partial charge in [0.25, 0.3) is 0 Å². The molecule has 0 aliphatic heterocycles. The van der Waals surface area contributed by atoms with E-state index in [1.807, 2.05) is 6.07 Å². The monoisotopic (exact) mass is 290 g/mol. The largest absolute Gasteiger partial charge is 0.496 e. The van der Waals surface area contributed by atoms with E-state index in [-0.39, 0.29) is 5.97 Å². The molecule has 0 heterocycles. The second kappa shape index (κ2) is 6.50. The molecule has 2 atom stereocenters. The van der Waals surface area contributed by atoms with Crippen LogP contribution in [0.4, 0.5) is 0 Å². The number of esters is 1. The highest BCUT2D eigenvalue weighted by Crippen LogP contribution is 2.44. The first-order valence-electron chi connectivity index (χ1n) is 7.82. The number of methoxy groups -OCH3 is 2. The zero-order valence-corrected chi connectivity index (χ0v) is 13.7. The maximum Gasteiger partial charge on any atom is 0.341 e. The van der Waals surface area contributed by atoms with E-state index in [1.165, 1.54) is 24.7 Å². The van der Waals surface area contributed by atoms with Crippen LogP contribution in [0.2, 0.25) is 0 Å². The van der Waals surface area contributed by atoms with Crippen LogP contribution in [-0.4, -0.2) is 20.2 Å². The molecule has 0 fully saturated rings. The number of carbonyl (C=O) groups excluding carboxylic acids is 1. The Morgan fingerprint density at radius 2 is 2.05 bits per heavy atom. The van der Waals surface area contributed by atoms with Crippen LogP contribution in [0.5, 0.6) is 5.75 Å². The van der Waals surface area contributed by atoms with Crippen molar-refractivity contribution in [2.45, 2.75) is 46.0 Å². The lowest BCUT2D eigenvalue weighted by Gasteiger charge is -2.36. The molecule has 0 radical (unpaired) electrons. The van der Waals surface area contributed by atoms with Crippen molar-refractivity contribution in [1.29, 1.82) is 0 Å². The van der Waals surface area contributed by atoms with Crippen molar-refractivity contribution in [3.8, 4) is 5.75 Å². The van der Waals surface area contributed by atoms with E-state index < -0.39 is 0 Å². The van der Waals surface area contributed by atoms with Crippen LogP contribution in [0.1, 0.15) is 61.0 Å². The van der Waals surface area contributed by atoms with Crippen molar-refractivity contribution in [3.05, 3.63) is 28.8 Å². The highest BCUT2D eigenvalue weighted by molar-refractivity contribution is 5.93. The molecule has 0 aromatic heterocycles. The molecule has 2 unspecified atom stereocenters. The molecule has 1 aliphatic rings. The third-order valence-electron chi connectivity index (χ3n) is 4.83. The average molecular weight is 290 g/mol. The van der Waals surface area contributed by atoms with E-state index in [2.05, 4.69) is 26.8 Å². The van der Waals surface area contributed by atoms with Gasteiger partial charge in [-0.05, 0) is 60.3 Å². The molecule has 116 valence electrons. The number of fused-ring (bicyclic) bond motifs is 1. The first-order chi connectivity index (χ1) is 10.0. The normalized spacial score (nSPS) is 21.0. The van der Waals surface area contributed by atoms with Gasteiger partial charge >= 0.3 is 5.97 Å². The number of aryl methyl sites for hydroxylation is 1. The lowest BCUT2D eigenvalue weighted by atomic mass is 9.69. The highest BCUT2D eigenvalue weighted by Gasteiger charge is 2.32. The fourth-order valence-corrected chi connectivity index (χ4v) is 3.72. The quantitative estimate of drug-likeness (QED) is 0.780. The summed E-state index contributed by atoms with van der Waals surface area (Å²) >= 11 is 0. The molecule has 3 heteroatoms. The van der Waals surface area contributed by atoms with E-state index in [9.17, 15) is 4.79 Å². The minimum absolute atomic E-state index is 0.325. The van der Waals surface area contributed by atoms with Gasteiger partial charge in [-0.1, -0.05) is 20.8 Å². The second-order valence-electron chi connectivity index (χ2n) is 6.20. The number of rotatable bonds is 4. The topological polar surface area (TPSA) is 35.5 Å². The fraction of sp³-hybridized carbons (Fsp3) is 0.611. The Labute approximate surface area is 127 Å². The summed E-state index contributed by atoms with van der Waals surface area (Å²) < 4.78 is 10.3. The zero-order chi connectivity index (χ0) is 15.6. The molecule has 0 amide bonds. The van der Waals surface area contributed by atoms with Crippen LogP contribution >= 0.6 is 0 Å². The summed E-state index contributed by atoms with van der Waals surface area (Å²) in [5.41, 5.74) is 3.17. The molecule has 0 bridgehead atoms. The molecule has 21 heavy (non-hydrogen) atoms. The van der Waals surface area contributed by atoms with Gasteiger partial charge in [0.2, 0.25) is 0 Å². The Bertz CT molecular complexity index is 519. The fourth-order valence-electron chi connectivity index (χ4n) is 3.72. The van der Waals surface area contributed by atoms with E-state index in [4.69, 9.17) is 9.47 Å². The number of hydrogen-bond donors (Lipinski definition) is 0. The standard InChI is InChI=1S/C18H26O3/c1-6-13-14(11(2)3)8-7-12-9-16(18(19)21-5)17(20-4)10-15(12)13/h9-11,13-14H,6-8H2,1-5H3. The molecule has 2 rings (SSSR count). The molecular weight excluding hydrogens is 264 g/mol. The van der Waals surface area contributed by atoms with Crippen LogP contribution < -0.4 is 4.74 Å². The van der Waals surface area contributed by atoms with Crippen LogP contribution in [0, 0.1) is 11.8 Å². The number of carbonyl (C=O) groups is 1. The van der Waals surface area contributed by atoms with Gasteiger partial charge in [0.15, 0.2) is 0 Å².